The molecule has 3 heterocycles. The van der Waals surface area contributed by atoms with Crippen molar-refractivity contribution in [1.82, 2.24) is 19.9 Å². The van der Waals surface area contributed by atoms with Crippen LogP contribution in [0, 0.1) is 0 Å². The van der Waals surface area contributed by atoms with Crippen LogP contribution in [-0.2, 0) is 19.5 Å². The fourth-order valence-corrected chi connectivity index (χ4v) is 3.93. The first-order chi connectivity index (χ1) is 13.8. The van der Waals surface area contributed by atoms with Gasteiger partial charge in [0.05, 0.1) is 11.2 Å². The molecule has 0 radical (unpaired) electrons. The third-order valence-corrected chi connectivity index (χ3v) is 5.52. The molecule has 0 saturated heterocycles. The molecule has 4 nitrogen and oxygen atoms in total. The summed E-state index contributed by atoms with van der Waals surface area (Å²) in [5, 5.41) is 1.70. The molecule has 1 aliphatic rings. The molecule has 5 rings (SSSR count). The fraction of sp³-hybridized carbons (Fsp3) is 0.174. The van der Waals surface area contributed by atoms with Crippen LogP contribution in [0.3, 0.4) is 0 Å². The van der Waals surface area contributed by atoms with E-state index < -0.39 is 0 Å². The predicted molar refractivity (Wildman–Crippen MR) is 112 cm³/mol. The maximum Gasteiger partial charge on any atom is 0.159 e. The molecule has 0 aliphatic carbocycles. The van der Waals surface area contributed by atoms with Crippen molar-refractivity contribution in [2.75, 3.05) is 6.54 Å². The zero-order chi connectivity index (χ0) is 18.9. The minimum atomic E-state index is 0.583. The maximum atomic E-state index is 6.45. The van der Waals surface area contributed by atoms with Crippen molar-refractivity contribution in [2.24, 2.45) is 0 Å². The summed E-state index contributed by atoms with van der Waals surface area (Å²) in [5.74, 6) is 0.801. The van der Waals surface area contributed by atoms with Crippen molar-refractivity contribution in [1.29, 1.82) is 0 Å². The topological polar surface area (TPSA) is 41.9 Å². The molecule has 0 unspecified atom stereocenters. The van der Waals surface area contributed by atoms with E-state index in [1.54, 1.807) is 0 Å². The molecule has 2 aromatic carbocycles. The summed E-state index contributed by atoms with van der Waals surface area (Å²) in [6.07, 6.45) is 2.88. The molecule has 2 aromatic heterocycles. The summed E-state index contributed by atoms with van der Waals surface area (Å²) >= 11 is 6.45. The lowest BCUT2D eigenvalue weighted by molar-refractivity contribution is 0.243. The molecule has 0 saturated carbocycles. The van der Waals surface area contributed by atoms with Crippen LogP contribution in [0.5, 0.6) is 0 Å². The second-order valence-electron chi connectivity index (χ2n) is 7.12. The first kappa shape index (κ1) is 17.3. The summed E-state index contributed by atoms with van der Waals surface area (Å²) in [6.45, 7) is 2.55. The Kier molecular flexibility index (Phi) is 4.51. The average molecular weight is 387 g/mol. The number of fused-ring (bicyclic) bond motifs is 2. The van der Waals surface area contributed by atoms with Crippen LogP contribution < -0.4 is 0 Å². The molecule has 0 atom stereocenters. The Bertz CT molecular complexity index is 1140. The third-order valence-electron chi connectivity index (χ3n) is 5.19. The van der Waals surface area contributed by atoms with E-state index in [-0.39, 0.29) is 0 Å². The van der Waals surface area contributed by atoms with Crippen molar-refractivity contribution >= 4 is 22.5 Å². The number of pyridine rings is 1. The number of halogens is 1. The highest BCUT2D eigenvalue weighted by Gasteiger charge is 2.20. The Morgan fingerprint density at radius 2 is 1.79 bits per heavy atom. The SMILES string of the molecule is Clc1nc2ccccc2cc1CN1CCc2nc(-c3ccccc3)ncc2C1. The van der Waals surface area contributed by atoms with Crippen LogP contribution in [0.25, 0.3) is 22.3 Å². The monoisotopic (exact) mass is 386 g/mol. The normalized spacial score (nSPS) is 14.2. The number of para-hydroxylation sites is 1. The molecule has 4 aromatic rings. The Morgan fingerprint density at radius 1 is 0.964 bits per heavy atom. The van der Waals surface area contributed by atoms with E-state index in [1.165, 1.54) is 5.56 Å². The molecule has 28 heavy (non-hydrogen) atoms. The zero-order valence-corrected chi connectivity index (χ0v) is 16.1. The largest absolute Gasteiger partial charge is 0.294 e. The lowest BCUT2D eigenvalue weighted by Crippen LogP contribution is -2.31. The Balaban J connectivity index is 1.37. The van der Waals surface area contributed by atoms with Gasteiger partial charge in [0.15, 0.2) is 5.82 Å². The Hall–Kier alpha value is -2.82. The van der Waals surface area contributed by atoms with Crippen molar-refractivity contribution in [3.05, 3.63) is 88.8 Å². The van der Waals surface area contributed by atoms with Crippen LogP contribution in [-0.4, -0.2) is 26.4 Å². The second-order valence-corrected chi connectivity index (χ2v) is 7.48. The number of hydrogen-bond donors (Lipinski definition) is 0. The maximum absolute atomic E-state index is 6.45. The first-order valence-electron chi connectivity index (χ1n) is 9.43. The lowest BCUT2D eigenvalue weighted by Gasteiger charge is -2.28. The standard InChI is InChI=1S/C23H19ClN4/c24-22-18(12-17-8-4-5-9-20(17)26-22)14-28-11-10-21-19(15-28)13-25-23(27-21)16-6-2-1-3-7-16/h1-9,12-13H,10-11,14-15H2. The quantitative estimate of drug-likeness (QED) is 0.469. The summed E-state index contributed by atoms with van der Waals surface area (Å²) in [4.78, 5) is 16.3. The Morgan fingerprint density at radius 3 is 2.68 bits per heavy atom. The minimum Gasteiger partial charge on any atom is -0.294 e. The van der Waals surface area contributed by atoms with E-state index in [4.69, 9.17) is 16.6 Å². The van der Waals surface area contributed by atoms with Crippen LogP contribution in [0.15, 0.2) is 66.9 Å². The van der Waals surface area contributed by atoms with E-state index in [9.17, 15) is 0 Å². The molecular weight excluding hydrogens is 368 g/mol. The number of nitrogens with zero attached hydrogens (tertiary/aromatic N) is 4. The van der Waals surface area contributed by atoms with Gasteiger partial charge in [0, 0.05) is 54.3 Å². The van der Waals surface area contributed by atoms with Crippen LogP contribution >= 0.6 is 11.6 Å². The second kappa shape index (κ2) is 7.30. The van der Waals surface area contributed by atoms with Gasteiger partial charge in [-0.2, -0.15) is 0 Å². The molecule has 0 amide bonds. The van der Waals surface area contributed by atoms with Gasteiger partial charge in [-0.15, -0.1) is 0 Å². The van der Waals surface area contributed by atoms with E-state index >= 15 is 0 Å². The van der Waals surface area contributed by atoms with Crippen molar-refractivity contribution < 1.29 is 0 Å². The van der Waals surface area contributed by atoms with Gasteiger partial charge in [-0.3, -0.25) is 4.90 Å². The van der Waals surface area contributed by atoms with E-state index in [1.807, 2.05) is 54.7 Å². The van der Waals surface area contributed by atoms with Crippen LogP contribution in [0.4, 0.5) is 0 Å². The van der Waals surface area contributed by atoms with Gasteiger partial charge in [-0.25, -0.2) is 15.0 Å². The van der Waals surface area contributed by atoms with E-state index in [0.29, 0.717) is 5.15 Å². The van der Waals surface area contributed by atoms with E-state index in [2.05, 4.69) is 27.0 Å². The van der Waals surface area contributed by atoms with E-state index in [0.717, 1.165) is 59.6 Å². The molecule has 0 N–H and O–H groups in total. The average Bonchev–Trinajstić information content (AvgIpc) is 2.74. The predicted octanol–water partition coefficient (Wildman–Crippen LogP) is 4.90. The molecule has 0 spiro atoms. The van der Waals surface area contributed by atoms with Gasteiger partial charge in [0.25, 0.3) is 0 Å². The molecule has 138 valence electrons. The molecule has 5 heteroatoms. The highest BCUT2D eigenvalue weighted by Crippen LogP contribution is 2.25. The minimum absolute atomic E-state index is 0.583. The van der Waals surface area contributed by atoms with Gasteiger partial charge >= 0.3 is 0 Å². The van der Waals surface area contributed by atoms with Crippen molar-refractivity contribution in [3.8, 4) is 11.4 Å². The number of benzene rings is 2. The van der Waals surface area contributed by atoms with Gasteiger partial charge < -0.3 is 0 Å². The summed E-state index contributed by atoms with van der Waals surface area (Å²) in [6, 6.07) is 20.4. The summed E-state index contributed by atoms with van der Waals surface area (Å²) in [7, 11) is 0. The van der Waals surface area contributed by atoms with Gasteiger partial charge in [-0.05, 0) is 12.1 Å². The van der Waals surface area contributed by atoms with Crippen molar-refractivity contribution in [2.45, 2.75) is 19.5 Å². The summed E-state index contributed by atoms with van der Waals surface area (Å²) in [5.41, 5.74) is 5.39. The number of aromatic nitrogens is 3. The molecule has 1 aliphatic heterocycles. The van der Waals surface area contributed by atoms with Crippen LogP contribution in [0.1, 0.15) is 16.8 Å². The van der Waals surface area contributed by atoms with Crippen LogP contribution in [0.2, 0.25) is 5.15 Å². The lowest BCUT2D eigenvalue weighted by atomic mass is 10.1. The molecule has 0 fully saturated rings. The highest BCUT2D eigenvalue weighted by atomic mass is 35.5. The van der Waals surface area contributed by atoms with Gasteiger partial charge in [0.2, 0.25) is 0 Å². The number of hydrogen-bond acceptors (Lipinski definition) is 4. The molecular formula is C23H19ClN4. The fourth-order valence-electron chi connectivity index (χ4n) is 3.72. The summed E-state index contributed by atoms with van der Waals surface area (Å²) < 4.78 is 0. The van der Waals surface area contributed by atoms with Crippen molar-refractivity contribution in [3.63, 3.8) is 0 Å². The highest BCUT2D eigenvalue weighted by molar-refractivity contribution is 6.30. The molecule has 0 bridgehead atoms. The van der Waals surface area contributed by atoms with Gasteiger partial charge in [0.1, 0.15) is 5.15 Å². The zero-order valence-electron chi connectivity index (χ0n) is 15.3. The third kappa shape index (κ3) is 3.37. The smallest absolute Gasteiger partial charge is 0.159 e. The van der Waals surface area contributed by atoms with Gasteiger partial charge in [-0.1, -0.05) is 60.1 Å². The Labute approximate surface area is 168 Å². The first-order valence-corrected chi connectivity index (χ1v) is 9.81. The number of rotatable bonds is 3.